The minimum absolute atomic E-state index is 0.190. The maximum absolute atomic E-state index is 14.0. The molecule has 0 saturated carbocycles. The first-order valence-electron chi connectivity index (χ1n) is 11.4. The Morgan fingerprint density at radius 2 is 2.06 bits per heavy atom. The Bertz CT molecular complexity index is 790. The van der Waals surface area contributed by atoms with Crippen molar-refractivity contribution in [3.63, 3.8) is 0 Å². The molecule has 8 heteroatoms. The summed E-state index contributed by atoms with van der Waals surface area (Å²) in [6.07, 6.45) is 4.46. The second-order valence-electron chi connectivity index (χ2n) is 9.99. The monoisotopic (exact) mass is 448 g/mol. The summed E-state index contributed by atoms with van der Waals surface area (Å²) in [6, 6.07) is -1.51. The zero-order chi connectivity index (χ0) is 23.8. The van der Waals surface area contributed by atoms with E-state index < -0.39 is 47.1 Å². The van der Waals surface area contributed by atoms with Crippen LogP contribution < -0.4 is 0 Å². The number of fused-ring (bicyclic) bond motifs is 1. The molecular formula is C24H36N2O6. The van der Waals surface area contributed by atoms with Gasteiger partial charge in [-0.3, -0.25) is 14.4 Å². The van der Waals surface area contributed by atoms with Crippen molar-refractivity contribution in [2.24, 2.45) is 11.8 Å². The highest BCUT2D eigenvalue weighted by molar-refractivity contribution is 5.98. The number of aliphatic hydroxyl groups excluding tert-OH is 1. The van der Waals surface area contributed by atoms with E-state index in [0.29, 0.717) is 25.8 Å². The Kier molecular flexibility index (Phi) is 6.86. The van der Waals surface area contributed by atoms with Gasteiger partial charge in [0.2, 0.25) is 11.8 Å². The van der Waals surface area contributed by atoms with Crippen molar-refractivity contribution < 1.29 is 29.0 Å². The summed E-state index contributed by atoms with van der Waals surface area (Å²) >= 11 is 0. The van der Waals surface area contributed by atoms with E-state index in [0.717, 1.165) is 0 Å². The minimum atomic E-state index is -1.10. The second-order valence-corrected chi connectivity index (χ2v) is 9.99. The third-order valence-electron chi connectivity index (χ3n) is 6.94. The predicted molar refractivity (Wildman–Crippen MR) is 118 cm³/mol. The van der Waals surface area contributed by atoms with Gasteiger partial charge in [-0.1, -0.05) is 12.2 Å². The van der Waals surface area contributed by atoms with Crippen molar-refractivity contribution in [1.29, 1.82) is 0 Å². The van der Waals surface area contributed by atoms with Gasteiger partial charge < -0.3 is 24.4 Å². The van der Waals surface area contributed by atoms with Crippen LogP contribution in [0.5, 0.6) is 0 Å². The van der Waals surface area contributed by atoms with Gasteiger partial charge in [0.25, 0.3) is 0 Å². The summed E-state index contributed by atoms with van der Waals surface area (Å²) in [4.78, 5) is 43.7. The van der Waals surface area contributed by atoms with Crippen LogP contribution in [0.3, 0.4) is 0 Å². The smallest absolute Gasteiger partial charge is 0.312 e. The molecule has 2 amide bonds. The molecule has 0 aromatic rings. The van der Waals surface area contributed by atoms with Gasteiger partial charge in [-0.15, -0.1) is 13.2 Å². The number of aliphatic hydroxyl groups is 1. The third-order valence-corrected chi connectivity index (χ3v) is 6.94. The van der Waals surface area contributed by atoms with Gasteiger partial charge in [-0.2, -0.15) is 0 Å². The van der Waals surface area contributed by atoms with E-state index in [1.165, 1.54) is 4.90 Å². The molecular weight excluding hydrogens is 412 g/mol. The molecule has 3 rings (SSSR count). The van der Waals surface area contributed by atoms with Gasteiger partial charge in [0, 0.05) is 12.1 Å². The van der Waals surface area contributed by atoms with Gasteiger partial charge in [0.1, 0.15) is 11.6 Å². The van der Waals surface area contributed by atoms with E-state index in [1.54, 1.807) is 24.0 Å². The lowest BCUT2D eigenvalue weighted by Gasteiger charge is -2.43. The molecule has 1 spiro atoms. The van der Waals surface area contributed by atoms with Gasteiger partial charge in [-0.05, 0) is 47.0 Å². The van der Waals surface area contributed by atoms with Crippen molar-refractivity contribution >= 4 is 17.8 Å². The molecule has 3 saturated heterocycles. The summed E-state index contributed by atoms with van der Waals surface area (Å²) in [7, 11) is 0. The molecule has 0 radical (unpaired) electrons. The Morgan fingerprint density at radius 3 is 2.62 bits per heavy atom. The Labute approximate surface area is 190 Å². The van der Waals surface area contributed by atoms with Crippen molar-refractivity contribution in [1.82, 2.24) is 9.80 Å². The molecule has 6 atom stereocenters. The van der Waals surface area contributed by atoms with Crippen LogP contribution in [-0.2, 0) is 23.9 Å². The molecule has 2 unspecified atom stereocenters. The van der Waals surface area contributed by atoms with Crippen LogP contribution in [0.1, 0.15) is 47.0 Å². The highest BCUT2D eigenvalue weighted by Gasteiger charge is 2.75. The molecule has 32 heavy (non-hydrogen) atoms. The first kappa shape index (κ1) is 24.5. The number of carbonyl (C=O) groups is 3. The fourth-order valence-corrected chi connectivity index (χ4v) is 5.51. The lowest BCUT2D eigenvalue weighted by Crippen LogP contribution is -2.61. The van der Waals surface area contributed by atoms with E-state index >= 15 is 0 Å². The number of ether oxygens (including phenoxy) is 2. The molecule has 8 nitrogen and oxygen atoms in total. The van der Waals surface area contributed by atoms with E-state index in [-0.39, 0.29) is 25.0 Å². The highest BCUT2D eigenvalue weighted by atomic mass is 16.6. The number of likely N-dealkylation sites (tertiary alicyclic amines) is 1. The van der Waals surface area contributed by atoms with Crippen LogP contribution in [0.2, 0.25) is 0 Å². The second kappa shape index (κ2) is 8.98. The van der Waals surface area contributed by atoms with Crippen LogP contribution >= 0.6 is 0 Å². The molecule has 178 valence electrons. The topological polar surface area (TPSA) is 96.4 Å². The normalized spacial score (nSPS) is 31.9. The van der Waals surface area contributed by atoms with Crippen LogP contribution in [0.15, 0.2) is 25.3 Å². The average molecular weight is 449 g/mol. The predicted octanol–water partition coefficient (Wildman–Crippen LogP) is 1.67. The molecule has 0 aromatic heterocycles. The highest BCUT2D eigenvalue weighted by Crippen LogP contribution is 2.59. The lowest BCUT2D eigenvalue weighted by atomic mass is 9.70. The lowest BCUT2D eigenvalue weighted by molar-refractivity contribution is -0.157. The van der Waals surface area contributed by atoms with Crippen LogP contribution in [0.4, 0.5) is 0 Å². The van der Waals surface area contributed by atoms with Gasteiger partial charge in [0.05, 0.1) is 37.2 Å². The van der Waals surface area contributed by atoms with Crippen LogP contribution in [-0.4, -0.2) is 81.8 Å². The van der Waals surface area contributed by atoms with Crippen molar-refractivity contribution in [2.75, 3.05) is 19.8 Å². The van der Waals surface area contributed by atoms with Crippen molar-refractivity contribution in [3.05, 3.63) is 25.3 Å². The van der Waals surface area contributed by atoms with Gasteiger partial charge >= 0.3 is 5.97 Å². The van der Waals surface area contributed by atoms with Crippen LogP contribution in [0, 0.1) is 11.8 Å². The minimum Gasteiger partial charge on any atom is -0.465 e. The van der Waals surface area contributed by atoms with Gasteiger partial charge in [0.15, 0.2) is 0 Å². The number of hydrogen-bond donors (Lipinski definition) is 1. The standard InChI is InChI=1S/C24H36N2O6/c1-7-9-13-31-22(30)17-16-10-11-24(32-16)18(17)20(28)26(15(3)14-27)19(24)21(29)25(12-8-2)23(4,5)6/h7-8,15-19,27H,1-2,9-14H2,3-6H3/t15-,16-,17+,18+,19?,24?/m1/s1. The summed E-state index contributed by atoms with van der Waals surface area (Å²) < 4.78 is 11.8. The molecule has 1 N–H and O–H groups in total. The van der Waals surface area contributed by atoms with E-state index in [1.807, 2.05) is 20.8 Å². The van der Waals surface area contributed by atoms with E-state index in [9.17, 15) is 19.5 Å². The first-order chi connectivity index (χ1) is 15.0. The summed E-state index contributed by atoms with van der Waals surface area (Å²) in [5, 5.41) is 9.89. The molecule has 0 aliphatic carbocycles. The molecule has 2 bridgehead atoms. The number of rotatable bonds is 9. The molecule has 0 aromatic carbocycles. The number of esters is 1. The Morgan fingerprint density at radius 1 is 1.38 bits per heavy atom. The Hall–Kier alpha value is -2.19. The molecule has 3 aliphatic rings. The molecule has 3 aliphatic heterocycles. The SMILES string of the molecule is C=CCCOC(=O)[C@@H]1[C@H]2C(=O)N([C@H](C)CO)C(C(=O)N(CC=C)C(C)(C)C)C23CC[C@H]1O3. The zero-order valence-electron chi connectivity index (χ0n) is 19.6. The van der Waals surface area contributed by atoms with Crippen LogP contribution in [0.25, 0.3) is 0 Å². The fraction of sp³-hybridized carbons (Fsp3) is 0.708. The quantitative estimate of drug-likeness (QED) is 0.328. The average Bonchev–Trinajstić information content (AvgIpc) is 3.37. The zero-order valence-corrected chi connectivity index (χ0v) is 19.6. The molecule has 3 heterocycles. The summed E-state index contributed by atoms with van der Waals surface area (Å²) in [5.41, 5.74) is -1.62. The number of nitrogens with zero attached hydrogens (tertiary/aromatic N) is 2. The fourth-order valence-electron chi connectivity index (χ4n) is 5.51. The maximum Gasteiger partial charge on any atom is 0.312 e. The number of amides is 2. The summed E-state index contributed by atoms with van der Waals surface area (Å²) in [6.45, 7) is 15.1. The maximum atomic E-state index is 14.0. The first-order valence-corrected chi connectivity index (χ1v) is 11.4. The van der Waals surface area contributed by atoms with Crippen molar-refractivity contribution in [3.8, 4) is 0 Å². The van der Waals surface area contributed by atoms with Gasteiger partial charge in [-0.25, -0.2) is 0 Å². The van der Waals surface area contributed by atoms with Crippen molar-refractivity contribution in [2.45, 2.75) is 76.3 Å². The number of carbonyl (C=O) groups excluding carboxylic acids is 3. The third kappa shape index (κ3) is 3.77. The summed E-state index contributed by atoms with van der Waals surface area (Å²) in [5.74, 6) is -2.61. The van der Waals surface area contributed by atoms with E-state index in [4.69, 9.17) is 9.47 Å². The largest absolute Gasteiger partial charge is 0.465 e. The molecule has 3 fully saturated rings. The Balaban J connectivity index is 2.03. The van der Waals surface area contributed by atoms with E-state index in [2.05, 4.69) is 13.2 Å². The number of hydrogen-bond acceptors (Lipinski definition) is 6.